The fourth-order valence-corrected chi connectivity index (χ4v) is 18.6. The molecule has 4 unspecified atom stereocenters. The Bertz CT molecular complexity index is 6480. The summed E-state index contributed by atoms with van der Waals surface area (Å²) in [6.07, 6.45) is 0.739. The molecule has 4 aliphatic carbocycles. The smallest absolute Gasteiger partial charge is 0.302 e. The summed E-state index contributed by atoms with van der Waals surface area (Å²) in [5.41, 5.74) is 16.3. The number of fused-ring (bicyclic) bond motifs is 4. The molecule has 0 fully saturated rings. The molecule has 0 spiro atoms. The van der Waals surface area contributed by atoms with Crippen LogP contribution in [0.3, 0.4) is 0 Å². The highest BCUT2D eigenvalue weighted by molar-refractivity contribution is 6.36. The minimum atomic E-state index is -0.413. The van der Waals surface area contributed by atoms with Gasteiger partial charge in [0, 0.05) is 127 Å². The van der Waals surface area contributed by atoms with E-state index in [-0.39, 0.29) is 70.3 Å². The number of carbonyl (C=O) groups is 4. The summed E-state index contributed by atoms with van der Waals surface area (Å²) in [5, 5.41) is 15.3. The SMILES string of the molecule is CCn1c(-c2ccc(Cl)cc2Cl)nc(C)c(NC2c3ccccc3C[C@@H]2OC(C)=O)c1=O.CCn1c(-c2ccc(N(C)C)cc2Cl)nc(C)c(NC2c3ccccc3C[C@@H]2OC(C)=O)c1=O.CCn1c(-c2ccc(OC)cc2C)nc(C)c(NC2c3ccccc3C[C@@H]2OC(C)=O)c1=O.CCn1c(-c2ccc(OC)cc2Cl)nc(C)c(NC2c3ccccc3C[C@@H]2OC(C)=O)c1=O. The number of aryl methyl sites for hydroxylation is 5. The lowest BCUT2D eigenvalue weighted by Crippen LogP contribution is -2.32. The van der Waals surface area contributed by atoms with Crippen molar-refractivity contribution in [1.82, 2.24) is 38.2 Å². The van der Waals surface area contributed by atoms with Crippen molar-refractivity contribution in [2.45, 2.75) is 190 Å². The van der Waals surface area contributed by atoms with Crippen LogP contribution in [0.2, 0.25) is 20.1 Å². The number of anilines is 5. The second-order valence-corrected chi connectivity index (χ2v) is 34.3. The van der Waals surface area contributed by atoms with Crippen LogP contribution in [0.1, 0.15) is 152 Å². The van der Waals surface area contributed by atoms with E-state index in [1.165, 1.54) is 27.7 Å². The van der Waals surface area contributed by atoms with Crippen LogP contribution < -0.4 is 57.9 Å². The van der Waals surface area contributed by atoms with Gasteiger partial charge >= 0.3 is 23.9 Å². The Morgan fingerprint density at radius 2 is 0.629 bits per heavy atom. The number of nitrogens with one attached hydrogen (secondary N) is 4. The highest BCUT2D eigenvalue weighted by atomic mass is 35.5. The van der Waals surface area contributed by atoms with Crippen molar-refractivity contribution < 1.29 is 47.6 Å². The second-order valence-electron chi connectivity index (χ2n) is 32.7. The van der Waals surface area contributed by atoms with Gasteiger partial charge in [0.05, 0.1) is 76.2 Å². The zero-order valence-electron chi connectivity index (χ0n) is 76.7. The van der Waals surface area contributed by atoms with E-state index in [4.69, 9.17) is 94.8 Å². The zero-order valence-corrected chi connectivity index (χ0v) is 79.7. The second kappa shape index (κ2) is 42.0. The van der Waals surface area contributed by atoms with Crippen LogP contribution >= 0.6 is 46.4 Å². The van der Waals surface area contributed by atoms with Crippen LogP contribution in [-0.4, -0.2) is 115 Å². The Morgan fingerprint density at radius 3 is 0.894 bits per heavy atom. The van der Waals surface area contributed by atoms with E-state index in [0.29, 0.717) is 163 Å². The van der Waals surface area contributed by atoms with E-state index in [9.17, 15) is 38.4 Å². The van der Waals surface area contributed by atoms with Crippen LogP contribution in [0, 0.1) is 34.6 Å². The lowest BCUT2D eigenvalue weighted by Gasteiger charge is -2.24. The van der Waals surface area contributed by atoms with Crippen LogP contribution in [-0.2, 0) is 90.0 Å². The number of esters is 4. The van der Waals surface area contributed by atoms with Crippen LogP contribution in [0.25, 0.3) is 45.6 Å². The zero-order chi connectivity index (χ0) is 95.0. The van der Waals surface area contributed by atoms with Crippen LogP contribution in [0.4, 0.5) is 28.4 Å². The molecule has 4 N–H and O–H groups in total. The molecule has 0 bridgehead atoms. The molecule has 0 radical (unpaired) electrons. The van der Waals surface area contributed by atoms with Crippen LogP contribution in [0.5, 0.6) is 11.5 Å². The number of ether oxygens (including phenoxy) is 6. The number of hydrogen-bond acceptors (Lipinski definition) is 23. The molecule has 688 valence electrons. The number of hydrogen-bond donors (Lipinski definition) is 4. The van der Waals surface area contributed by atoms with Crippen molar-refractivity contribution in [3.8, 4) is 57.1 Å². The minimum Gasteiger partial charge on any atom is -0.497 e. The average molecular weight is 1870 g/mol. The van der Waals surface area contributed by atoms with Gasteiger partial charge in [-0.25, -0.2) is 19.9 Å². The summed E-state index contributed by atoms with van der Waals surface area (Å²) in [4.78, 5) is 122. The van der Waals surface area contributed by atoms with Gasteiger partial charge in [0.25, 0.3) is 22.2 Å². The maximum Gasteiger partial charge on any atom is 0.302 e. The predicted molar refractivity (Wildman–Crippen MR) is 518 cm³/mol. The normalized spacial score (nSPS) is 16.9. The number of nitrogens with zero attached hydrogens (tertiary/aromatic N) is 9. The number of aromatic nitrogens is 8. The number of methoxy groups -OCH3 is 2. The molecule has 0 amide bonds. The van der Waals surface area contributed by atoms with Gasteiger partial charge in [0.2, 0.25) is 0 Å². The predicted octanol–water partition coefficient (Wildman–Crippen LogP) is 18.5. The summed E-state index contributed by atoms with van der Waals surface area (Å²) in [6, 6.07) is 52.1. The Balaban J connectivity index is 0.000000150. The fourth-order valence-electron chi connectivity index (χ4n) is 17.6. The van der Waals surface area contributed by atoms with Crippen LogP contribution in [0.15, 0.2) is 189 Å². The fraction of sp³-hybridized carbons (Fsp3) is 0.327. The average Bonchev–Trinajstić information content (AvgIpc) is 1.67. The summed E-state index contributed by atoms with van der Waals surface area (Å²) in [5.74, 6) is 2.08. The van der Waals surface area contributed by atoms with Crippen molar-refractivity contribution in [1.29, 1.82) is 0 Å². The number of halogens is 4. The summed E-state index contributed by atoms with van der Waals surface area (Å²) < 4.78 is 39.4. The van der Waals surface area contributed by atoms with Gasteiger partial charge in [-0.1, -0.05) is 143 Å². The third-order valence-electron chi connectivity index (χ3n) is 23.8. The maximum atomic E-state index is 13.6. The number of benzene rings is 8. The van der Waals surface area contributed by atoms with Crippen molar-refractivity contribution in [3.05, 3.63) is 304 Å². The lowest BCUT2D eigenvalue weighted by molar-refractivity contribution is -0.147. The van der Waals surface area contributed by atoms with Gasteiger partial charge in [0.1, 0.15) is 82.0 Å². The minimum absolute atomic E-state index is 0.152. The summed E-state index contributed by atoms with van der Waals surface area (Å²) in [6.45, 7) is 24.1. The topological polar surface area (TPSA) is 315 Å². The molecule has 4 heterocycles. The molecule has 16 rings (SSSR count). The molecule has 4 aliphatic rings. The number of carbonyl (C=O) groups excluding carboxylic acids is 4. The Kier molecular flexibility index (Phi) is 30.7. The molecule has 12 aromatic rings. The molecule has 8 atom stereocenters. The van der Waals surface area contributed by atoms with Gasteiger partial charge < -0.3 is 54.6 Å². The highest BCUT2D eigenvalue weighted by Gasteiger charge is 2.41. The first-order valence-corrected chi connectivity index (χ1v) is 45.1. The van der Waals surface area contributed by atoms with Gasteiger partial charge in [-0.15, -0.1) is 0 Å². The third-order valence-corrected chi connectivity index (χ3v) is 25.0. The van der Waals surface area contributed by atoms with Gasteiger partial charge in [-0.05, 0) is 185 Å². The molecule has 132 heavy (non-hydrogen) atoms. The van der Waals surface area contributed by atoms with Crippen molar-refractivity contribution in [2.75, 3.05) is 54.5 Å². The Labute approximate surface area is 785 Å². The molecule has 0 saturated carbocycles. The van der Waals surface area contributed by atoms with E-state index >= 15 is 0 Å². The Morgan fingerprint density at radius 1 is 0.364 bits per heavy atom. The summed E-state index contributed by atoms with van der Waals surface area (Å²) >= 11 is 25.5. The van der Waals surface area contributed by atoms with Gasteiger partial charge in [0.15, 0.2) is 0 Å². The lowest BCUT2D eigenvalue weighted by atomic mass is 10.1. The number of rotatable bonds is 23. The van der Waals surface area contributed by atoms with E-state index in [1.807, 2.05) is 194 Å². The van der Waals surface area contributed by atoms with Gasteiger partial charge in [-0.2, -0.15) is 0 Å². The first kappa shape index (κ1) is 96.5. The summed E-state index contributed by atoms with van der Waals surface area (Å²) in [7, 11) is 7.09. The van der Waals surface area contributed by atoms with Gasteiger partial charge in [-0.3, -0.25) is 56.6 Å². The molecule has 8 aromatic carbocycles. The van der Waals surface area contributed by atoms with E-state index in [1.54, 1.807) is 89.7 Å². The van der Waals surface area contributed by atoms with E-state index in [0.717, 1.165) is 67.1 Å². The quantitative estimate of drug-likeness (QED) is 0.0341. The standard InChI is InChI=1S/C26H29ClN4O3.C26H29N3O4.C25H26ClN3O4.C24H23Cl2N3O3/c1-6-31-25(20-12-11-18(30(4)5)14-21(20)27)28-15(2)23(26(31)33)29-24-19-10-8-7-9-17(19)13-22(24)34-16(3)32;1-6-29-25(20-12-11-19(32-5)13-15(20)2)27-16(3)23(26(29)31)28-24-21-10-8-7-9-18(21)14-22(24)33-17(4)30;1-5-29-24(19-11-10-17(32-4)13-20(19)26)27-14(2)22(25(29)31)28-23-18-9-7-6-8-16(18)12-21(23)33-15(3)30;1-4-29-23(18-10-9-16(25)12-19(18)26)27-13(2)21(24(29)31)28-22-17-8-6-5-7-15(17)11-20(22)32-14(3)30/h7-12,14,22,24,29H,6,13H2,1-5H3;7-13,22,24,28H,6,14H2,1-5H3;6-11,13,21,23,28H,5,12H2,1-4H3;5-10,12,20,22,28H,4,11H2,1-3H3/t2*22-,24?;21-,23?;20-,22?/m0000/s1. The molecule has 0 aliphatic heterocycles. The van der Waals surface area contributed by atoms with Crippen molar-refractivity contribution in [2.24, 2.45) is 0 Å². The first-order chi connectivity index (χ1) is 63.2. The Hall–Kier alpha value is -13.1. The van der Waals surface area contributed by atoms with Crippen molar-refractivity contribution in [3.63, 3.8) is 0 Å². The molecular weight excluding hydrogens is 1760 g/mol. The monoisotopic (exact) mass is 1870 g/mol. The van der Waals surface area contributed by atoms with Crippen molar-refractivity contribution >= 4 is 98.7 Å². The third kappa shape index (κ3) is 20.8. The molecule has 0 saturated heterocycles. The molecule has 27 nitrogen and oxygen atoms in total. The molecule has 31 heteroatoms. The molecular formula is C101H107Cl4N13O14. The largest absolute Gasteiger partial charge is 0.497 e. The van der Waals surface area contributed by atoms with E-state index in [2.05, 4.69) is 21.3 Å². The first-order valence-electron chi connectivity index (χ1n) is 43.6. The van der Waals surface area contributed by atoms with E-state index < -0.39 is 24.4 Å². The highest BCUT2D eigenvalue weighted by Crippen LogP contribution is 2.43. The maximum absolute atomic E-state index is 13.6. The molecule has 4 aromatic heterocycles.